The molecule has 1 amide bonds. The molecule has 1 atom stereocenters. The largest absolute Gasteiger partial charge is 0.509 e. The van der Waals surface area contributed by atoms with Crippen LogP contribution in [-0.2, 0) is 4.79 Å². The molecular formula is C16H21NO2. The first kappa shape index (κ1) is 13.7. The molecule has 0 radical (unpaired) electrons. The summed E-state index contributed by atoms with van der Waals surface area (Å²) in [6.07, 6.45) is 1.08. The van der Waals surface area contributed by atoms with Gasteiger partial charge in [0, 0.05) is 0 Å². The average molecular weight is 259 g/mol. The molecule has 1 aromatic rings. The minimum Gasteiger partial charge on any atom is -0.509 e. The second kappa shape index (κ2) is 4.72. The lowest BCUT2D eigenvalue weighted by molar-refractivity contribution is -0.115. The van der Waals surface area contributed by atoms with Crippen LogP contribution in [0.15, 0.2) is 30.0 Å². The van der Waals surface area contributed by atoms with Gasteiger partial charge in [-0.2, -0.15) is 0 Å². The predicted octanol–water partition coefficient (Wildman–Crippen LogP) is 3.38. The predicted molar refractivity (Wildman–Crippen MR) is 76.9 cm³/mol. The second-order valence-corrected chi connectivity index (χ2v) is 5.73. The number of nitrogens with one attached hydrogen (secondary N) is 1. The molecule has 3 nitrogen and oxygen atoms in total. The van der Waals surface area contributed by atoms with Crippen LogP contribution in [0.5, 0.6) is 0 Å². The Bertz CT molecular complexity index is 526. The molecule has 19 heavy (non-hydrogen) atoms. The highest BCUT2D eigenvalue weighted by atomic mass is 16.3. The summed E-state index contributed by atoms with van der Waals surface area (Å²) < 4.78 is 0. The summed E-state index contributed by atoms with van der Waals surface area (Å²) in [5.74, 6) is 0.415. The van der Waals surface area contributed by atoms with Crippen molar-refractivity contribution in [3.8, 4) is 0 Å². The number of benzene rings is 1. The van der Waals surface area contributed by atoms with Gasteiger partial charge < -0.3 is 10.4 Å². The fourth-order valence-corrected chi connectivity index (χ4v) is 2.31. The minimum atomic E-state index is -0.679. The Morgan fingerprint density at radius 3 is 2.26 bits per heavy atom. The lowest BCUT2D eigenvalue weighted by atomic mass is 9.94. The van der Waals surface area contributed by atoms with Gasteiger partial charge >= 0.3 is 0 Å². The van der Waals surface area contributed by atoms with Gasteiger partial charge in [0.25, 0.3) is 5.91 Å². The van der Waals surface area contributed by atoms with Gasteiger partial charge in [-0.25, -0.2) is 0 Å². The molecule has 3 heteroatoms. The normalized spacial score (nSPS) is 19.5. The van der Waals surface area contributed by atoms with E-state index in [1.165, 1.54) is 5.56 Å². The lowest BCUT2D eigenvalue weighted by Crippen LogP contribution is -2.38. The van der Waals surface area contributed by atoms with Crippen molar-refractivity contribution in [1.29, 1.82) is 0 Å². The van der Waals surface area contributed by atoms with Crippen LogP contribution in [0.3, 0.4) is 0 Å². The Morgan fingerprint density at radius 1 is 1.26 bits per heavy atom. The zero-order valence-corrected chi connectivity index (χ0v) is 11.9. The second-order valence-electron chi connectivity index (χ2n) is 5.73. The van der Waals surface area contributed by atoms with Crippen LogP contribution < -0.4 is 5.32 Å². The Balaban J connectivity index is 2.38. The first-order valence-electron chi connectivity index (χ1n) is 6.73. The third kappa shape index (κ3) is 2.37. The molecule has 1 aliphatic heterocycles. The topological polar surface area (TPSA) is 49.3 Å². The van der Waals surface area contributed by atoms with E-state index in [4.69, 9.17) is 0 Å². The molecule has 0 saturated heterocycles. The third-order valence-electron chi connectivity index (χ3n) is 3.86. The van der Waals surface area contributed by atoms with Crippen molar-refractivity contribution in [1.82, 2.24) is 5.32 Å². The van der Waals surface area contributed by atoms with E-state index in [0.29, 0.717) is 11.5 Å². The maximum atomic E-state index is 11.9. The van der Waals surface area contributed by atoms with Crippen LogP contribution in [-0.4, -0.2) is 16.6 Å². The van der Waals surface area contributed by atoms with Gasteiger partial charge in [0.1, 0.15) is 5.76 Å². The Labute approximate surface area is 114 Å². The fraction of sp³-hybridized carbons (Fsp3) is 0.438. The summed E-state index contributed by atoms with van der Waals surface area (Å²) in [5.41, 5.74) is 1.74. The molecule has 0 bridgehead atoms. The van der Waals surface area contributed by atoms with Gasteiger partial charge in [0.2, 0.25) is 0 Å². The van der Waals surface area contributed by atoms with E-state index in [1.807, 2.05) is 24.3 Å². The summed E-state index contributed by atoms with van der Waals surface area (Å²) in [7, 11) is 0. The van der Waals surface area contributed by atoms with Gasteiger partial charge in [-0.3, -0.25) is 4.79 Å². The summed E-state index contributed by atoms with van der Waals surface area (Å²) in [6.45, 7) is 7.92. The number of hydrogen-bond acceptors (Lipinski definition) is 2. The van der Waals surface area contributed by atoms with Crippen LogP contribution in [0.1, 0.15) is 51.2 Å². The highest BCUT2D eigenvalue weighted by molar-refractivity contribution is 6.23. The molecular weight excluding hydrogens is 238 g/mol. The summed E-state index contributed by atoms with van der Waals surface area (Å²) in [4.78, 5) is 11.9. The third-order valence-corrected chi connectivity index (χ3v) is 3.86. The summed E-state index contributed by atoms with van der Waals surface area (Å²) >= 11 is 0. The van der Waals surface area contributed by atoms with E-state index < -0.39 is 5.54 Å². The van der Waals surface area contributed by atoms with Gasteiger partial charge in [-0.05, 0) is 37.3 Å². The van der Waals surface area contributed by atoms with Crippen molar-refractivity contribution < 1.29 is 9.90 Å². The SMILES string of the molecule is CCC(C)c1ccc(C2=C(O)C(C)(C)NC2=O)cc1. The Morgan fingerprint density at radius 2 is 1.84 bits per heavy atom. The number of rotatable bonds is 3. The molecule has 0 fully saturated rings. The molecule has 0 saturated carbocycles. The zero-order valence-electron chi connectivity index (χ0n) is 11.9. The van der Waals surface area contributed by atoms with Crippen LogP contribution in [0.25, 0.3) is 5.57 Å². The monoisotopic (exact) mass is 259 g/mol. The van der Waals surface area contributed by atoms with Crippen LogP contribution in [0.4, 0.5) is 0 Å². The number of carbonyl (C=O) groups excluding carboxylic acids is 1. The van der Waals surface area contributed by atoms with Crippen molar-refractivity contribution >= 4 is 11.5 Å². The quantitative estimate of drug-likeness (QED) is 0.874. The number of amides is 1. The van der Waals surface area contributed by atoms with Crippen molar-refractivity contribution in [3.63, 3.8) is 0 Å². The first-order valence-corrected chi connectivity index (χ1v) is 6.73. The van der Waals surface area contributed by atoms with Crippen molar-refractivity contribution in [3.05, 3.63) is 41.2 Å². The molecule has 2 N–H and O–H groups in total. The Hall–Kier alpha value is -1.77. The van der Waals surface area contributed by atoms with Gasteiger partial charge in [0.15, 0.2) is 0 Å². The smallest absolute Gasteiger partial charge is 0.256 e. The number of hydrogen-bond donors (Lipinski definition) is 2. The standard InChI is InChI=1S/C16H21NO2/c1-5-10(2)11-6-8-12(9-7-11)13-14(18)16(3,4)17-15(13)19/h6-10,18H,5H2,1-4H3,(H,17,19). The number of aliphatic hydroxyl groups excluding tert-OH is 1. The maximum Gasteiger partial charge on any atom is 0.256 e. The summed E-state index contributed by atoms with van der Waals surface area (Å²) in [6, 6.07) is 7.88. The fourth-order valence-electron chi connectivity index (χ4n) is 2.31. The van der Waals surface area contributed by atoms with Crippen molar-refractivity contribution in [2.24, 2.45) is 0 Å². The molecule has 1 aliphatic rings. The first-order chi connectivity index (χ1) is 8.86. The Kier molecular flexibility index (Phi) is 3.40. The van der Waals surface area contributed by atoms with E-state index in [0.717, 1.165) is 12.0 Å². The summed E-state index contributed by atoms with van der Waals surface area (Å²) in [5, 5.41) is 12.9. The molecule has 0 aromatic heterocycles. The van der Waals surface area contributed by atoms with Crippen LogP contribution >= 0.6 is 0 Å². The molecule has 102 valence electrons. The van der Waals surface area contributed by atoms with E-state index in [-0.39, 0.29) is 11.7 Å². The number of aliphatic hydroxyl groups is 1. The minimum absolute atomic E-state index is 0.119. The highest BCUT2D eigenvalue weighted by Gasteiger charge is 2.38. The lowest BCUT2D eigenvalue weighted by Gasteiger charge is -2.17. The van der Waals surface area contributed by atoms with E-state index in [9.17, 15) is 9.90 Å². The molecule has 0 spiro atoms. The van der Waals surface area contributed by atoms with Crippen molar-refractivity contribution in [2.45, 2.75) is 45.6 Å². The highest BCUT2D eigenvalue weighted by Crippen LogP contribution is 2.32. The van der Waals surface area contributed by atoms with E-state index in [2.05, 4.69) is 19.2 Å². The van der Waals surface area contributed by atoms with Gasteiger partial charge in [-0.1, -0.05) is 38.1 Å². The molecule has 1 heterocycles. The maximum absolute atomic E-state index is 11.9. The molecule has 0 aliphatic carbocycles. The zero-order chi connectivity index (χ0) is 14.2. The van der Waals surface area contributed by atoms with Crippen LogP contribution in [0.2, 0.25) is 0 Å². The number of carbonyl (C=O) groups is 1. The molecule has 2 rings (SSSR count). The molecule has 1 unspecified atom stereocenters. The van der Waals surface area contributed by atoms with Crippen molar-refractivity contribution in [2.75, 3.05) is 0 Å². The van der Waals surface area contributed by atoms with Crippen LogP contribution in [0, 0.1) is 0 Å². The van der Waals surface area contributed by atoms with Gasteiger partial charge in [-0.15, -0.1) is 0 Å². The van der Waals surface area contributed by atoms with E-state index in [1.54, 1.807) is 13.8 Å². The molecule has 1 aromatic carbocycles. The van der Waals surface area contributed by atoms with Gasteiger partial charge in [0.05, 0.1) is 11.1 Å². The average Bonchev–Trinajstić information content (AvgIpc) is 2.58. The van der Waals surface area contributed by atoms with E-state index >= 15 is 0 Å².